The van der Waals surface area contributed by atoms with E-state index in [9.17, 15) is 0 Å². The fourth-order valence-electron chi connectivity index (χ4n) is 2.22. The Morgan fingerprint density at radius 2 is 1.56 bits per heavy atom. The van der Waals surface area contributed by atoms with Crippen LogP contribution in [0.4, 0.5) is 0 Å². The molecule has 1 aliphatic heterocycles. The van der Waals surface area contributed by atoms with Crippen LogP contribution in [-0.2, 0) is 0 Å². The Bertz CT molecular complexity index is 530. The Morgan fingerprint density at radius 3 is 2.22 bits per heavy atom. The van der Waals surface area contributed by atoms with Crippen molar-refractivity contribution in [2.75, 3.05) is 5.75 Å². The van der Waals surface area contributed by atoms with Gasteiger partial charge in [-0.2, -0.15) is 0 Å². The first-order valence-electron chi connectivity index (χ1n) is 6.41. The van der Waals surface area contributed by atoms with Gasteiger partial charge in [-0.25, -0.2) is 0 Å². The molecule has 0 saturated carbocycles. The third kappa shape index (κ3) is 2.68. The molecule has 1 saturated heterocycles. The van der Waals surface area contributed by atoms with Gasteiger partial charge in [-0.15, -0.1) is 11.8 Å². The highest BCUT2D eigenvalue weighted by Gasteiger charge is 2.06. The molecule has 0 N–H and O–H groups in total. The van der Waals surface area contributed by atoms with Crippen molar-refractivity contribution in [1.82, 2.24) is 0 Å². The highest BCUT2D eigenvalue weighted by molar-refractivity contribution is 8.03. The van der Waals surface area contributed by atoms with Crippen molar-refractivity contribution < 1.29 is 0 Å². The van der Waals surface area contributed by atoms with Crippen LogP contribution in [0.15, 0.2) is 59.5 Å². The standard InChI is InChI=1S/C17H16S/c1-2-5-15(6-3-1)16-10-8-14(9-11-16)13-17-7-4-12-18-17/h1-3,5-6,8-11,13H,4,7,12H2/b17-13-. The SMILES string of the molecule is C(=C1\CCCS1)/c1ccc(-c2ccccc2)cc1. The molecule has 3 rings (SSSR count). The topological polar surface area (TPSA) is 0 Å². The largest absolute Gasteiger partial charge is 0.131 e. The highest BCUT2D eigenvalue weighted by atomic mass is 32.2. The first-order valence-corrected chi connectivity index (χ1v) is 7.39. The fourth-order valence-corrected chi connectivity index (χ4v) is 3.28. The van der Waals surface area contributed by atoms with Crippen molar-refractivity contribution in [2.24, 2.45) is 0 Å². The second kappa shape index (κ2) is 5.45. The molecule has 0 nitrogen and oxygen atoms in total. The minimum atomic E-state index is 1.26. The van der Waals surface area contributed by atoms with E-state index in [1.165, 1.54) is 40.2 Å². The van der Waals surface area contributed by atoms with Gasteiger partial charge in [-0.05, 0) is 46.3 Å². The van der Waals surface area contributed by atoms with E-state index in [4.69, 9.17) is 0 Å². The quantitative estimate of drug-likeness (QED) is 0.706. The molecule has 18 heavy (non-hydrogen) atoms. The van der Waals surface area contributed by atoms with Crippen LogP contribution < -0.4 is 0 Å². The number of rotatable bonds is 2. The van der Waals surface area contributed by atoms with E-state index in [2.05, 4.69) is 60.7 Å². The number of allylic oxidation sites excluding steroid dienone is 1. The average Bonchev–Trinajstić information content (AvgIpc) is 2.94. The molecule has 0 unspecified atom stereocenters. The minimum absolute atomic E-state index is 1.26. The zero-order valence-electron chi connectivity index (χ0n) is 10.3. The predicted octanol–water partition coefficient (Wildman–Crippen LogP) is 5.22. The monoisotopic (exact) mass is 252 g/mol. The summed E-state index contributed by atoms with van der Waals surface area (Å²) >= 11 is 2.00. The van der Waals surface area contributed by atoms with Crippen molar-refractivity contribution >= 4 is 17.8 Å². The van der Waals surface area contributed by atoms with Gasteiger partial charge in [0, 0.05) is 0 Å². The van der Waals surface area contributed by atoms with E-state index in [0.29, 0.717) is 0 Å². The normalized spacial score (nSPS) is 17.2. The van der Waals surface area contributed by atoms with Crippen LogP contribution in [0.1, 0.15) is 18.4 Å². The zero-order chi connectivity index (χ0) is 12.2. The summed E-state index contributed by atoms with van der Waals surface area (Å²) in [6, 6.07) is 19.4. The molecular weight excluding hydrogens is 236 g/mol. The number of thioether (sulfide) groups is 1. The first kappa shape index (κ1) is 11.6. The fraction of sp³-hybridized carbons (Fsp3) is 0.176. The Kier molecular flexibility index (Phi) is 3.51. The van der Waals surface area contributed by atoms with Crippen LogP contribution in [0, 0.1) is 0 Å². The van der Waals surface area contributed by atoms with E-state index in [0.717, 1.165) is 0 Å². The Morgan fingerprint density at radius 1 is 0.833 bits per heavy atom. The van der Waals surface area contributed by atoms with Gasteiger partial charge >= 0.3 is 0 Å². The molecule has 0 aliphatic carbocycles. The maximum absolute atomic E-state index is 2.33. The molecule has 90 valence electrons. The lowest BCUT2D eigenvalue weighted by Gasteiger charge is -2.02. The van der Waals surface area contributed by atoms with Crippen LogP contribution in [0.5, 0.6) is 0 Å². The summed E-state index contributed by atoms with van der Waals surface area (Å²) in [7, 11) is 0. The molecule has 2 aromatic carbocycles. The summed E-state index contributed by atoms with van der Waals surface area (Å²) in [5.41, 5.74) is 3.89. The smallest absolute Gasteiger partial charge is 0.00199 e. The van der Waals surface area contributed by atoms with Gasteiger partial charge in [0.15, 0.2) is 0 Å². The van der Waals surface area contributed by atoms with Gasteiger partial charge in [0.1, 0.15) is 0 Å². The molecule has 0 spiro atoms. The van der Waals surface area contributed by atoms with Crippen LogP contribution >= 0.6 is 11.8 Å². The summed E-state index contributed by atoms with van der Waals surface area (Å²) in [4.78, 5) is 1.53. The Labute approximate surface area is 113 Å². The van der Waals surface area contributed by atoms with E-state index in [-0.39, 0.29) is 0 Å². The minimum Gasteiger partial charge on any atom is -0.131 e. The van der Waals surface area contributed by atoms with Crippen molar-refractivity contribution in [3.8, 4) is 11.1 Å². The van der Waals surface area contributed by atoms with Crippen molar-refractivity contribution in [3.63, 3.8) is 0 Å². The second-order valence-electron chi connectivity index (χ2n) is 4.55. The lowest BCUT2D eigenvalue weighted by Crippen LogP contribution is -1.78. The van der Waals surface area contributed by atoms with Crippen LogP contribution in [0.25, 0.3) is 17.2 Å². The molecule has 0 bridgehead atoms. The lowest BCUT2D eigenvalue weighted by atomic mass is 10.0. The van der Waals surface area contributed by atoms with E-state index >= 15 is 0 Å². The van der Waals surface area contributed by atoms with Gasteiger partial charge in [0.2, 0.25) is 0 Å². The molecule has 1 fully saturated rings. The van der Waals surface area contributed by atoms with E-state index < -0.39 is 0 Å². The lowest BCUT2D eigenvalue weighted by molar-refractivity contribution is 0.999. The molecule has 2 aromatic rings. The maximum atomic E-state index is 2.33. The van der Waals surface area contributed by atoms with Gasteiger partial charge in [-0.1, -0.05) is 54.6 Å². The number of hydrogen-bond donors (Lipinski definition) is 0. The van der Waals surface area contributed by atoms with Crippen LogP contribution in [0.3, 0.4) is 0 Å². The van der Waals surface area contributed by atoms with Crippen LogP contribution in [-0.4, -0.2) is 5.75 Å². The van der Waals surface area contributed by atoms with E-state index in [1.807, 2.05) is 11.8 Å². The van der Waals surface area contributed by atoms with Gasteiger partial charge in [-0.3, -0.25) is 0 Å². The van der Waals surface area contributed by atoms with Crippen molar-refractivity contribution in [2.45, 2.75) is 12.8 Å². The first-order chi connectivity index (χ1) is 8.92. The second-order valence-corrected chi connectivity index (χ2v) is 5.77. The highest BCUT2D eigenvalue weighted by Crippen LogP contribution is 2.32. The molecular formula is C17H16S. The van der Waals surface area contributed by atoms with Gasteiger partial charge in [0.25, 0.3) is 0 Å². The molecule has 1 aliphatic rings. The Hall–Kier alpha value is -1.47. The summed E-state index contributed by atoms with van der Waals surface area (Å²) in [5, 5.41) is 0. The summed E-state index contributed by atoms with van der Waals surface area (Å²) < 4.78 is 0. The van der Waals surface area contributed by atoms with Crippen LogP contribution in [0.2, 0.25) is 0 Å². The van der Waals surface area contributed by atoms with Gasteiger partial charge < -0.3 is 0 Å². The third-order valence-corrected chi connectivity index (χ3v) is 4.39. The summed E-state index contributed by atoms with van der Waals surface area (Å²) in [6.07, 6.45) is 4.91. The molecule has 0 atom stereocenters. The predicted molar refractivity (Wildman–Crippen MR) is 81.5 cm³/mol. The maximum Gasteiger partial charge on any atom is -0.00199 e. The average molecular weight is 252 g/mol. The van der Waals surface area contributed by atoms with Crippen molar-refractivity contribution in [1.29, 1.82) is 0 Å². The molecule has 1 heterocycles. The number of benzene rings is 2. The van der Waals surface area contributed by atoms with E-state index in [1.54, 1.807) is 0 Å². The Balaban J connectivity index is 1.83. The molecule has 0 amide bonds. The third-order valence-electron chi connectivity index (χ3n) is 3.20. The summed E-state index contributed by atoms with van der Waals surface area (Å²) in [6.45, 7) is 0. The molecule has 1 heteroatoms. The van der Waals surface area contributed by atoms with Gasteiger partial charge in [0.05, 0.1) is 0 Å². The van der Waals surface area contributed by atoms with Crippen molar-refractivity contribution in [3.05, 3.63) is 65.1 Å². The molecule has 0 radical (unpaired) electrons. The zero-order valence-corrected chi connectivity index (χ0v) is 11.1. The number of hydrogen-bond acceptors (Lipinski definition) is 1. The molecule has 0 aromatic heterocycles. The summed E-state index contributed by atoms with van der Waals surface area (Å²) in [5.74, 6) is 1.29.